The van der Waals surface area contributed by atoms with E-state index in [1.807, 2.05) is 0 Å². The Hall–Kier alpha value is -0.130. The van der Waals surface area contributed by atoms with Crippen molar-refractivity contribution >= 4 is 10.0 Å². The molecule has 5 heteroatoms. The van der Waals surface area contributed by atoms with Crippen LogP contribution in [0.4, 0.5) is 0 Å². The summed E-state index contributed by atoms with van der Waals surface area (Å²) in [5.41, 5.74) is 0. The van der Waals surface area contributed by atoms with Crippen molar-refractivity contribution in [3.8, 4) is 0 Å². The van der Waals surface area contributed by atoms with E-state index in [1.54, 1.807) is 4.72 Å². The summed E-state index contributed by atoms with van der Waals surface area (Å²) in [6.07, 6.45) is 0. The van der Waals surface area contributed by atoms with Crippen molar-refractivity contribution in [2.45, 2.75) is 6.92 Å². The van der Waals surface area contributed by atoms with E-state index >= 15 is 0 Å². The van der Waals surface area contributed by atoms with E-state index in [2.05, 4.69) is 0 Å². The highest BCUT2D eigenvalue weighted by atomic mass is 32.2. The lowest BCUT2D eigenvalue weighted by molar-refractivity contribution is 0.188. The van der Waals surface area contributed by atoms with Gasteiger partial charge >= 0.3 is 0 Å². The van der Waals surface area contributed by atoms with E-state index in [1.165, 1.54) is 6.92 Å². The zero-order valence-electron chi connectivity index (χ0n) is 4.55. The fourth-order valence-corrected chi connectivity index (χ4v) is 0.576. The average molecular weight is 138 g/mol. The molecule has 0 atom stereocenters. The van der Waals surface area contributed by atoms with Gasteiger partial charge in [0.25, 0.3) is 0 Å². The molecule has 0 rings (SSSR count). The highest BCUT2D eigenvalue weighted by Gasteiger charge is 2.02. The lowest BCUT2D eigenvalue weighted by Crippen LogP contribution is -2.25. The lowest BCUT2D eigenvalue weighted by Gasteiger charge is -1.95. The summed E-state index contributed by atoms with van der Waals surface area (Å²) in [4.78, 5) is 0. The molecule has 0 amide bonds. The third-order valence-electron chi connectivity index (χ3n) is 0.659. The van der Waals surface area contributed by atoms with Gasteiger partial charge < -0.3 is 0 Å². The number of rotatable bonds is 3. The van der Waals surface area contributed by atoms with Crippen molar-refractivity contribution < 1.29 is 13.5 Å². The molecular formula is C3H8NO3S. The summed E-state index contributed by atoms with van der Waals surface area (Å²) in [5.74, 6) is -0.0325. The van der Waals surface area contributed by atoms with Crippen molar-refractivity contribution in [3.63, 3.8) is 0 Å². The van der Waals surface area contributed by atoms with E-state index in [9.17, 15) is 13.5 Å². The van der Waals surface area contributed by atoms with Crippen molar-refractivity contribution in [1.82, 2.24) is 4.72 Å². The minimum Gasteiger partial charge on any atom is -0.219 e. The number of hydrogen-bond donors (Lipinski definition) is 1. The van der Waals surface area contributed by atoms with Gasteiger partial charge in [-0.2, -0.15) is 4.72 Å². The summed E-state index contributed by atoms with van der Waals surface area (Å²) in [6.45, 7) is 0.703. The first-order valence-electron chi connectivity index (χ1n) is 2.18. The maximum Gasteiger partial charge on any atom is 0.213 e. The van der Waals surface area contributed by atoms with Gasteiger partial charge in [-0.25, -0.2) is 13.5 Å². The van der Waals surface area contributed by atoms with Crippen LogP contribution in [0.15, 0.2) is 0 Å². The van der Waals surface area contributed by atoms with E-state index < -0.39 is 16.8 Å². The van der Waals surface area contributed by atoms with Crippen LogP contribution in [0.2, 0.25) is 0 Å². The molecule has 4 nitrogen and oxygen atoms in total. The third kappa shape index (κ3) is 2.95. The van der Waals surface area contributed by atoms with Crippen LogP contribution in [-0.2, 0) is 15.1 Å². The molecule has 0 aliphatic carbocycles. The third-order valence-corrected chi connectivity index (χ3v) is 1.98. The quantitative estimate of drug-likeness (QED) is 0.525. The molecule has 0 aliphatic rings. The molecule has 0 fully saturated rings. The Morgan fingerprint density at radius 3 is 2.12 bits per heavy atom. The topological polar surface area (TPSA) is 66.1 Å². The minimum atomic E-state index is -3.23. The highest BCUT2D eigenvalue weighted by molar-refractivity contribution is 7.89. The maximum absolute atomic E-state index is 10.3. The maximum atomic E-state index is 10.3. The van der Waals surface area contributed by atoms with Crippen LogP contribution in [0.5, 0.6) is 0 Å². The Morgan fingerprint density at radius 1 is 1.50 bits per heavy atom. The zero-order chi connectivity index (χ0) is 6.62. The number of nitrogens with one attached hydrogen (secondary N) is 1. The Bertz CT molecular complexity index is 139. The van der Waals surface area contributed by atoms with Crippen LogP contribution in [0.3, 0.4) is 0 Å². The lowest BCUT2D eigenvalue weighted by atomic mass is 11.0. The summed E-state index contributed by atoms with van der Waals surface area (Å²) in [6, 6.07) is 0. The number of sulfonamides is 1. The smallest absolute Gasteiger partial charge is 0.213 e. The molecule has 1 radical (unpaired) electrons. The second-order valence-electron chi connectivity index (χ2n) is 1.19. The molecule has 0 saturated heterocycles. The van der Waals surface area contributed by atoms with Crippen LogP contribution in [0.1, 0.15) is 6.92 Å². The van der Waals surface area contributed by atoms with Crippen molar-refractivity contribution in [1.29, 1.82) is 0 Å². The summed E-state index contributed by atoms with van der Waals surface area (Å²) in [5, 5.41) is 9.61. The molecule has 49 valence electrons. The first-order chi connectivity index (χ1) is 3.62. The second kappa shape index (κ2) is 3.01. The molecule has 1 N–H and O–H groups in total. The van der Waals surface area contributed by atoms with E-state index in [-0.39, 0.29) is 5.75 Å². The molecule has 0 heterocycles. The Morgan fingerprint density at radius 2 is 2.00 bits per heavy atom. The molecule has 0 saturated carbocycles. The summed E-state index contributed by atoms with van der Waals surface area (Å²) < 4.78 is 22.4. The fraction of sp³-hybridized carbons (Fsp3) is 1.00. The molecule has 0 aromatic rings. The van der Waals surface area contributed by atoms with Gasteiger partial charge in [0.2, 0.25) is 10.0 Å². The second-order valence-corrected chi connectivity index (χ2v) is 3.29. The van der Waals surface area contributed by atoms with Gasteiger partial charge in [-0.3, -0.25) is 0 Å². The van der Waals surface area contributed by atoms with Gasteiger partial charge in [-0.15, -0.1) is 0 Å². The zero-order valence-corrected chi connectivity index (χ0v) is 5.36. The van der Waals surface area contributed by atoms with Crippen molar-refractivity contribution in [2.75, 3.05) is 12.5 Å². The van der Waals surface area contributed by atoms with E-state index in [0.717, 1.165) is 0 Å². The van der Waals surface area contributed by atoms with Gasteiger partial charge in [-0.1, -0.05) is 0 Å². The predicted molar refractivity (Wildman–Crippen MR) is 28.1 cm³/mol. The first-order valence-corrected chi connectivity index (χ1v) is 3.83. The molecule has 0 aromatic carbocycles. The molecule has 8 heavy (non-hydrogen) atoms. The summed E-state index contributed by atoms with van der Waals surface area (Å²) >= 11 is 0. The fourth-order valence-electron chi connectivity index (χ4n) is 0.192. The number of hydrogen-bond acceptors (Lipinski definition) is 2. The highest BCUT2D eigenvalue weighted by Crippen LogP contribution is 1.77. The van der Waals surface area contributed by atoms with Crippen LogP contribution in [0.25, 0.3) is 0 Å². The average Bonchev–Trinajstić information content (AvgIpc) is 1.67. The van der Waals surface area contributed by atoms with E-state index in [0.29, 0.717) is 0 Å². The van der Waals surface area contributed by atoms with Gasteiger partial charge in [0.05, 0.1) is 5.75 Å². The largest absolute Gasteiger partial charge is 0.219 e. The predicted octanol–water partition coefficient (Wildman–Crippen LogP) is -0.686. The van der Waals surface area contributed by atoms with Crippen LogP contribution in [-0.4, -0.2) is 20.9 Å². The minimum absolute atomic E-state index is 0.0325. The van der Waals surface area contributed by atoms with Gasteiger partial charge in [0.1, 0.15) is 6.73 Å². The normalized spacial score (nSPS) is 11.8. The summed E-state index contributed by atoms with van der Waals surface area (Å²) in [7, 11) is -3.23. The van der Waals surface area contributed by atoms with Crippen LogP contribution >= 0.6 is 0 Å². The van der Waals surface area contributed by atoms with Gasteiger partial charge in [0, 0.05) is 0 Å². The Kier molecular flexibility index (Phi) is 2.96. The standard InChI is InChI=1S/C3H8NO3S/c1-2-8(6,7)4-3-5/h4H,2-3H2,1H3. The van der Waals surface area contributed by atoms with E-state index in [4.69, 9.17) is 0 Å². The van der Waals surface area contributed by atoms with Crippen LogP contribution < -0.4 is 4.72 Å². The molecule has 0 unspecified atom stereocenters. The monoisotopic (exact) mass is 138 g/mol. The van der Waals surface area contributed by atoms with Crippen molar-refractivity contribution in [3.05, 3.63) is 0 Å². The molecule has 0 aromatic heterocycles. The molecule has 0 aliphatic heterocycles. The Balaban J connectivity index is 3.76. The Labute approximate surface area is 48.6 Å². The first kappa shape index (κ1) is 7.87. The molecular weight excluding hydrogens is 130 g/mol. The molecule has 0 bridgehead atoms. The van der Waals surface area contributed by atoms with Crippen molar-refractivity contribution in [2.24, 2.45) is 0 Å². The van der Waals surface area contributed by atoms with Gasteiger partial charge in [-0.05, 0) is 6.92 Å². The molecule has 0 spiro atoms. The van der Waals surface area contributed by atoms with Crippen LogP contribution in [0, 0.1) is 0 Å². The SMILES string of the molecule is CCS(=O)(=O)NC[O]. The van der Waals surface area contributed by atoms with Gasteiger partial charge in [0.15, 0.2) is 0 Å².